The van der Waals surface area contributed by atoms with Gasteiger partial charge in [-0.05, 0) is 17.7 Å². The molecule has 1 atom stereocenters. The summed E-state index contributed by atoms with van der Waals surface area (Å²) >= 11 is 0. The summed E-state index contributed by atoms with van der Waals surface area (Å²) in [6, 6.07) is 5.77. The predicted octanol–water partition coefficient (Wildman–Crippen LogP) is 2.38. The van der Waals surface area contributed by atoms with Crippen molar-refractivity contribution in [3.05, 3.63) is 29.8 Å². The first-order valence-electron chi connectivity index (χ1n) is 4.74. The summed E-state index contributed by atoms with van der Waals surface area (Å²) in [5, 5.41) is 17.2. The number of aliphatic carboxylic acids is 1. The Balaban J connectivity index is 0.000000921. The fraction of sp³-hybridized carbons (Fsp3) is 0.364. The first kappa shape index (κ1) is 13.4. The number of carbonyl (C=O) groups is 1. The summed E-state index contributed by atoms with van der Waals surface area (Å²) in [6.45, 7) is 4.00. The average Bonchev–Trinajstić information content (AvgIpc) is 2.24. The quantitative estimate of drug-likeness (QED) is 0.812. The first-order valence-corrected chi connectivity index (χ1v) is 4.74. The number of benzene rings is 1. The summed E-state index contributed by atoms with van der Waals surface area (Å²) in [4.78, 5) is 10.1. The zero-order valence-corrected chi connectivity index (χ0v) is 8.77. The molecule has 0 heterocycles. The molecule has 0 amide bonds. The van der Waals surface area contributed by atoms with E-state index in [-0.39, 0.29) is 12.2 Å². The summed E-state index contributed by atoms with van der Waals surface area (Å²) in [7, 11) is 0. The van der Waals surface area contributed by atoms with Gasteiger partial charge in [-0.25, -0.2) is 9.18 Å². The Morgan fingerprint density at radius 3 is 2.20 bits per heavy atom. The number of phenolic OH excluding ortho intramolecular Hbond substituents is 1. The van der Waals surface area contributed by atoms with E-state index in [1.165, 1.54) is 24.3 Å². The third-order valence-corrected chi connectivity index (χ3v) is 1.62. The number of hydrogen-bond donors (Lipinski definition) is 2. The smallest absolute Gasteiger partial charge is 0.338 e. The predicted molar refractivity (Wildman–Crippen MR) is 55.7 cm³/mol. The Bertz CT molecular complexity index is 295. The molecular weight excluding hydrogens is 199 g/mol. The Labute approximate surface area is 88.2 Å². The number of hydrogen-bond acceptors (Lipinski definition) is 2. The molecular formula is C11H15FO3. The lowest BCUT2D eigenvalue weighted by atomic mass is 10.1. The zero-order chi connectivity index (χ0) is 11.8. The van der Waals surface area contributed by atoms with Crippen molar-refractivity contribution in [3.63, 3.8) is 0 Å². The maximum absolute atomic E-state index is 12.6. The lowest BCUT2D eigenvalue weighted by Crippen LogP contribution is -2.16. The normalized spacial score (nSPS) is 11.1. The van der Waals surface area contributed by atoms with Gasteiger partial charge in [0.1, 0.15) is 5.75 Å². The SMILES string of the molecule is CC.O=C(O)C(F)Cc1ccc(O)cc1. The number of rotatable bonds is 3. The number of carboxylic acids is 1. The van der Waals surface area contributed by atoms with E-state index in [4.69, 9.17) is 10.2 Å². The van der Waals surface area contributed by atoms with Crippen LogP contribution >= 0.6 is 0 Å². The second kappa shape index (κ2) is 6.81. The monoisotopic (exact) mass is 214 g/mol. The Morgan fingerprint density at radius 1 is 1.33 bits per heavy atom. The number of aromatic hydroxyl groups is 1. The van der Waals surface area contributed by atoms with Crippen LogP contribution in [-0.2, 0) is 11.2 Å². The molecule has 15 heavy (non-hydrogen) atoms. The summed E-state index contributed by atoms with van der Waals surface area (Å²) < 4.78 is 12.6. The molecule has 2 N–H and O–H groups in total. The highest BCUT2D eigenvalue weighted by Gasteiger charge is 2.15. The van der Waals surface area contributed by atoms with Gasteiger partial charge in [-0.3, -0.25) is 0 Å². The fourth-order valence-electron chi connectivity index (χ4n) is 0.926. The van der Waals surface area contributed by atoms with Crippen LogP contribution in [-0.4, -0.2) is 22.4 Å². The van der Waals surface area contributed by atoms with Crippen LogP contribution < -0.4 is 0 Å². The highest BCUT2D eigenvalue weighted by molar-refractivity contribution is 5.72. The van der Waals surface area contributed by atoms with Gasteiger partial charge in [0.25, 0.3) is 0 Å². The van der Waals surface area contributed by atoms with E-state index in [1.54, 1.807) is 0 Å². The van der Waals surface area contributed by atoms with Crippen LogP contribution in [0.1, 0.15) is 19.4 Å². The zero-order valence-electron chi connectivity index (χ0n) is 8.77. The van der Waals surface area contributed by atoms with E-state index < -0.39 is 12.1 Å². The highest BCUT2D eigenvalue weighted by Crippen LogP contribution is 2.12. The first-order chi connectivity index (χ1) is 7.09. The van der Waals surface area contributed by atoms with Crippen molar-refractivity contribution in [3.8, 4) is 5.75 Å². The maximum Gasteiger partial charge on any atom is 0.338 e. The van der Waals surface area contributed by atoms with Gasteiger partial charge in [0.2, 0.25) is 6.17 Å². The third-order valence-electron chi connectivity index (χ3n) is 1.62. The topological polar surface area (TPSA) is 57.5 Å². The van der Waals surface area contributed by atoms with Crippen LogP contribution in [0.4, 0.5) is 4.39 Å². The molecule has 1 rings (SSSR count). The van der Waals surface area contributed by atoms with Crippen molar-refractivity contribution in [2.45, 2.75) is 26.4 Å². The minimum Gasteiger partial charge on any atom is -0.508 e. The van der Waals surface area contributed by atoms with Crippen LogP contribution in [0, 0.1) is 0 Å². The van der Waals surface area contributed by atoms with E-state index in [9.17, 15) is 9.18 Å². The van der Waals surface area contributed by atoms with Crippen molar-refractivity contribution in [1.82, 2.24) is 0 Å². The van der Waals surface area contributed by atoms with Crippen LogP contribution in [0.5, 0.6) is 5.75 Å². The molecule has 84 valence electrons. The average molecular weight is 214 g/mol. The van der Waals surface area contributed by atoms with Crippen LogP contribution in [0.25, 0.3) is 0 Å². The minimum absolute atomic E-state index is 0.0782. The third kappa shape index (κ3) is 5.00. The number of carboxylic acid groups (broad SMARTS) is 1. The second-order valence-electron chi connectivity index (χ2n) is 2.68. The van der Waals surface area contributed by atoms with Crippen LogP contribution in [0.2, 0.25) is 0 Å². The van der Waals surface area contributed by atoms with Gasteiger partial charge in [-0.2, -0.15) is 0 Å². The summed E-state index contributed by atoms with van der Waals surface area (Å²) in [5.74, 6) is -1.39. The van der Waals surface area contributed by atoms with Crippen molar-refractivity contribution in [2.75, 3.05) is 0 Å². The van der Waals surface area contributed by atoms with Gasteiger partial charge in [-0.1, -0.05) is 26.0 Å². The van der Waals surface area contributed by atoms with Gasteiger partial charge in [0.15, 0.2) is 0 Å². The lowest BCUT2D eigenvalue weighted by molar-refractivity contribution is -0.142. The summed E-state index contributed by atoms with van der Waals surface area (Å²) in [6.07, 6.45) is -2.06. The van der Waals surface area contributed by atoms with E-state index in [0.29, 0.717) is 5.56 Å². The minimum atomic E-state index is -1.88. The molecule has 0 radical (unpaired) electrons. The Hall–Kier alpha value is -1.58. The largest absolute Gasteiger partial charge is 0.508 e. The molecule has 3 nitrogen and oxygen atoms in total. The van der Waals surface area contributed by atoms with Gasteiger partial charge in [0.05, 0.1) is 0 Å². The van der Waals surface area contributed by atoms with E-state index in [0.717, 1.165) is 0 Å². The molecule has 0 bridgehead atoms. The fourth-order valence-corrected chi connectivity index (χ4v) is 0.926. The molecule has 0 spiro atoms. The molecule has 4 heteroatoms. The van der Waals surface area contributed by atoms with Gasteiger partial charge in [0, 0.05) is 6.42 Å². The van der Waals surface area contributed by atoms with Crippen LogP contribution in [0.3, 0.4) is 0 Å². The molecule has 1 unspecified atom stereocenters. The van der Waals surface area contributed by atoms with E-state index in [1.807, 2.05) is 13.8 Å². The molecule has 0 fully saturated rings. The lowest BCUT2D eigenvalue weighted by Gasteiger charge is -2.02. The molecule has 0 aliphatic carbocycles. The van der Waals surface area contributed by atoms with Crippen molar-refractivity contribution >= 4 is 5.97 Å². The Kier molecular flexibility index (Phi) is 6.09. The van der Waals surface area contributed by atoms with E-state index >= 15 is 0 Å². The maximum atomic E-state index is 12.6. The molecule has 0 aliphatic heterocycles. The molecule has 0 saturated heterocycles. The molecule has 1 aromatic carbocycles. The second-order valence-corrected chi connectivity index (χ2v) is 2.68. The van der Waals surface area contributed by atoms with Crippen molar-refractivity contribution in [2.24, 2.45) is 0 Å². The van der Waals surface area contributed by atoms with Crippen molar-refractivity contribution in [1.29, 1.82) is 0 Å². The molecule has 0 aromatic heterocycles. The van der Waals surface area contributed by atoms with Crippen molar-refractivity contribution < 1.29 is 19.4 Å². The molecule has 0 aliphatic rings. The number of halogens is 1. The molecule has 1 aromatic rings. The highest BCUT2D eigenvalue weighted by atomic mass is 19.1. The summed E-state index contributed by atoms with van der Waals surface area (Å²) in [5.41, 5.74) is 0.549. The van der Waals surface area contributed by atoms with Gasteiger partial charge >= 0.3 is 5.97 Å². The Morgan fingerprint density at radius 2 is 1.80 bits per heavy atom. The standard InChI is InChI=1S/C9H9FO3.C2H6/c10-8(9(12)13)5-6-1-3-7(11)4-2-6;1-2/h1-4,8,11H,5H2,(H,12,13);1-2H3. The molecule has 0 saturated carbocycles. The van der Waals surface area contributed by atoms with E-state index in [2.05, 4.69) is 0 Å². The number of alkyl halides is 1. The van der Waals surface area contributed by atoms with Crippen LogP contribution in [0.15, 0.2) is 24.3 Å². The van der Waals surface area contributed by atoms with Gasteiger partial charge in [-0.15, -0.1) is 0 Å². The number of phenols is 1. The van der Waals surface area contributed by atoms with Gasteiger partial charge < -0.3 is 10.2 Å².